The summed E-state index contributed by atoms with van der Waals surface area (Å²) in [4.78, 5) is 31.5. The molecule has 0 fully saturated rings. The maximum absolute atomic E-state index is 12.8. The lowest BCUT2D eigenvalue weighted by atomic mass is 10.1. The Morgan fingerprint density at radius 2 is 2.07 bits per heavy atom. The summed E-state index contributed by atoms with van der Waals surface area (Å²) >= 11 is 0. The second kappa shape index (κ2) is 5.84. The minimum absolute atomic E-state index is 0.163. The van der Waals surface area contributed by atoms with Crippen molar-refractivity contribution in [2.75, 3.05) is 5.32 Å². The van der Waals surface area contributed by atoms with Gasteiger partial charge in [-0.2, -0.15) is 0 Å². The number of rotatable bonds is 2. The van der Waals surface area contributed by atoms with E-state index >= 15 is 0 Å². The zero-order valence-electron chi connectivity index (χ0n) is 14.1. The van der Waals surface area contributed by atoms with Gasteiger partial charge in [0.05, 0.1) is 11.4 Å². The third-order valence-corrected chi connectivity index (χ3v) is 4.60. The Kier molecular flexibility index (Phi) is 3.33. The first-order chi connectivity index (χ1) is 13.2. The number of anilines is 1. The number of hydrogen-bond acceptors (Lipinski definition) is 4. The molecule has 0 saturated carbocycles. The molecule has 1 aliphatic heterocycles. The molecule has 5 rings (SSSR count). The van der Waals surface area contributed by atoms with E-state index in [1.54, 1.807) is 36.8 Å². The molecule has 0 atom stereocenters. The molecule has 2 aromatic carbocycles. The van der Waals surface area contributed by atoms with Crippen LogP contribution in [0.3, 0.4) is 0 Å². The molecule has 7 nitrogen and oxygen atoms in total. The van der Waals surface area contributed by atoms with Gasteiger partial charge in [0, 0.05) is 17.3 Å². The SMILES string of the molecule is O=C(Nc1ccc2c(=O)[nH]ccc2c1)c1ncn2c1COc1ccccc1-2. The molecular formula is C20H14N4O3. The number of aromatic nitrogens is 3. The van der Waals surface area contributed by atoms with Crippen molar-refractivity contribution in [3.63, 3.8) is 0 Å². The first kappa shape index (κ1) is 15.4. The fourth-order valence-electron chi connectivity index (χ4n) is 3.29. The molecule has 0 spiro atoms. The van der Waals surface area contributed by atoms with Crippen LogP contribution in [0.4, 0.5) is 5.69 Å². The minimum Gasteiger partial charge on any atom is -0.485 e. The van der Waals surface area contributed by atoms with Gasteiger partial charge >= 0.3 is 0 Å². The summed E-state index contributed by atoms with van der Waals surface area (Å²) < 4.78 is 7.61. The van der Waals surface area contributed by atoms with Gasteiger partial charge in [0.25, 0.3) is 11.5 Å². The molecule has 0 bridgehead atoms. The number of imidazole rings is 1. The number of pyridine rings is 1. The molecule has 2 aromatic heterocycles. The predicted octanol–water partition coefficient (Wildman–Crippen LogP) is 2.86. The molecule has 3 heterocycles. The van der Waals surface area contributed by atoms with Crippen molar-refractivity contribution in [1.29, 1.82) is 0 Å². The number of amides is 1. The van der Waals surface area contributed by atoms with Crippen LogP contribution in [0.25, 0.3) is 16.5 Å². The van der Waals surface area contributed by atoms with Crippen LogP contribution >= 0.6 is 0 Å². The topological polar surface area (TPSA) is 89.0 Å². The molecule has 0 radical (unpaired) electrons. The summed E-state index contributed by atoms with van der Waals surface area (Å²) in [5.41, 5.74) is 2.30. The van der Waals surface area contributed by atoms with Gasteiger partial charge in [-0.1, -0.05) is 12.1 Å². The van der Waals surface area contributed by atoms with Crippen molar-refractivity contribution in [2.24, 2.45) is 0 Å². The number of carbonyl (C=O) groups is 1. The van der Waals surface area contributed by atoms with E-state index in [0.29, 0.717) is 22.5 Å². The summed E-state index contributed by atoms with van der Waals surface area (Å²) in [6.07, 6.45) is 3.21. The summed E-state index contributed by atoms with van der Waals surface area (Å²) in [5, 5.41) is 4.17. The molecule has 1 amide bonds. The molecule has 4 aromatic rings. The average molecular weight is 358 g/mol. The number of benzene rings is 2. The molecule has 0 aliphatic carbocycles. The molecule has 0 unspecified atom stereocenters. The van der Waals surface area contributed by atoms with Gasteiger partial charge in [0.15, 0.2) is 5.69 Å². The number of para-hydroxylation sites is 2. The van der Waals surface area contributed by atoms with Crippen LogP contribution in [0.2, 0.25) is 0 Å². The normalized spacial score (nSPS) is 12.1. The summed E-state index contributed by atoms with van der Waals surface area (Å²) in [6.45, 7) is 0.271. The standard InChI is InChI=1S/C20H14N4O3/c25-19-14-6-5-13(9-12(14)7-8-21-19)23-20(26)18-16-10-27-17-4-2-1-3-15(17)24(16)11-22-18/h1-9,11H,10H2,(H,21,25)(H,23,26). The van der Waals surface area contributed by atoms with Crippen molar-refractivity contribution < 1.29 is 9.53 Å². The maximum atomic E-state index is 12.8. The van der Waals surface area contributed by atoms with Gasteiger partial charge in [-0.25, -0.2) is 4.98 Å². The van der Waals surface area contributed by atoms with Gasteiger partial charge < -0.3 is 15.0 Å². The van der Waals surface area contributed by atoms with E-state index in [-0.39, 0.29) is 18.1 Å². The summed E-state index contributed by atoms with van der Waals surface area (Å²) in [7, 11) is 0. The molecule has 1 aliphatic rings. The van der Waals surface area contributed by atoms with Crippen LogP contribution in [0.1, 0.15) is 16.2 Å². The van der Waals surface area contributed by atoms with Crippen molar-refractivity contribution in [3.8, 4) is 11.4 Å². The highest BCUT2D eigenvalue weighted by atomic mass is 16.5. The van der Waals surface area contributed by atoms with E-state index in [0.717, 1.165) is 16.8 Å². The largest absolute Gasteiger partial charge is 0.485 e. The number of nitrogens with one attached hydrogen (secondary N) is 2. The molecule has 7 heteroatoms. The smallest absolute Gasteiger partial charge is 0.276 e. The van der Waals surface area contributed by atoms with Crippen LogP contribution in [0, 0.1) is 0 Å². The highest BCUT2D eigenvalue weighted by Gasteiger charge is 2.24. The zero-order valence-corrected chi connectivity index (χ0v) is 14.1. The maximum Gasteiger partial charge on any atom is 0.276 e. The Balaban J connectivity index is 1.48. The summed E-state index contributed by atoms with van der Waals surface area (Å²) in [5.74, 6) is 0.435. The number of nitrogens with zero attached hydrogens (tertiary/aromatic N) is 2. The predicted molar refractivity (Wildman–Crippen MR) is 100 cm³/mol. The zero-order chi connectivity index (χ0) is 18.4. The third kappa shape index (κ3) is 2.48. The van der Waals surface area contributed by atoms with Crippen LogP contribution in [-0.2, 0) is 6.61 Å². The van der Waals surface area contributed by atoms with Gasteiger partial charge in [-0.3, -0.25) is 14.2 Å². The van der Waals surface area contributed by atoms with E-state index in [1.165, 1.54) is 0 Å². The highest BCUT2D eigenvalue weighted by Crippen LogP contribution is 2.30. The van der Waals surface area contributed by atoms with Gasteiger partial charge in [0.2, 0.25) is 0 Å². The third-order valence-electron chi connectivity index (χ3n) is 4.60. The van der Waals surface area contributed by atoms with Crippen molar-refractivity contribution in [2.45, 2.75) is 6.61 Å². The second-order valence-electron chi connectivity index (χ2n) is 6.23. The number of ether oxygens (including phenoxy) is 1. The lowest BCUT2D eigenvalue weighted by molar-refractivity contribution is 0.101. The van der Waals surface area contributed by atoms with E-state index < -0.39 is 0 Å². The van der Waals surface area contributed by atoms with Crippen LogP contribution in [0.5, 0.6) is 5.75 Å². The Hall–Kier alpha value is -3.87. The Morgan fingerprint density at radius 3 is 3.00 bits per heavy atom. The lowest BCUT2D eigenvalue weighted by Gasteiger charge is -2.20. The molecule has 27 heavy (non-hydrogen) atoms. The van der Waals surface area contributed by atoms with Crippen molar-refractivity contribution in [1.82, 2.24) is 14.5 Å². The summed E-state index contributed by atoms with van der Waals surface area (Å²) in [6, 6.07) is 14.5. The van der Waals surface area contributed by atoms with Crippen molar-refractivity contribution >= 4 is 22.4 Å². The Morgan fingerprint density at radius 1 is 1.19 bits per heavy atom. The first-order valence-electron chi connectivity index (χ1n) is 8.42. The molecule has 0 saturated heterocycles. The number of carbonyl (C=O) groups excluding carboxylic acids is 1. The number of aromatic amines is 1. The van der Waals surface area contributed by atoms with Gasteiger partial charge in [-0.05, 0) is 41.8 Å². The van der Waals surface area contributed by atoms with Crippen LogP contribution in [0.15, 0.2) is 65.8 Å². The minimum atomic E-state index is -0.323. The number of fused-ring (bicyclic) bond motifs is 4. The van der Waals surface area contributed by atoms with Crippen molar-refractivity contribution in [3.05, 3.63) is 82.8 Å². The van der Waals surface area contributed by atoms with E-state index in [1.807, 2.05) is 28.8 Å². The fraction of sp³-hybridized carbons (Fsp3) is 0.0500. The van der Waals surface area contributed by atoms with E-state index in [2.05, 4.69) is 15.3 Å². The molecule has 2 N–H and O–H groups in total. The number of hydrogen-bond donors (Lipinski definition) is 2. The average Bonchev–Trinajstić information content (AvgIpc) is 3.13. The second-order valence-corrected chi connectivity index (χ2v) is 6.23. The van der Waals surface area contributed by atoms with E-state index in [9.17, 15) is 9.59 Å². The number of H-pyrrole nitrogens is 1. The lowest BCUT2D eigenvalue weighted by Crippen LogP contribution is -2.19. The first-order valence-corrected chi connectivity index (χ1v) is 8.42. The molecule has 132 valence electrons. The Bertz CT molecular complexity index is 1260. The quantitative estimate of drug-likeness (QED) is 0.577. The Labute approximate surface area is 153 Å². The van der Waals surface area contributed by atoms with Crippen LogP contribution in [-0.4, -0.2) is 20.4 Å². The molecular weight excluding hydrogens is 344 g/mol. The monoisotopic (exact) mass is 358 g/mol. The van der Waals surface area contributed by atoms with Crippen LogP contribution < -0.4 is 15.6 Å². The van der Waals surface area contributed by atoms with Gasteiger partial charge in [-0.15, -0.1) is 0 Å². The highest BCUT2D eigenvalue weighted by molar-refractivity contribution is 6.04. The fourth-order valence-corrected chi connectivity index (χ4v) is 3.29. The van der Waals surface area contributed by atoms with Gasteiger partial charge in [0.1, 0.15) is 18.7 Å². The van der Waals surface area contributed by atoms with E-state index in [4.69, 9.17) is 4.74 Å².